The van der Waals surface area contributed by atoms with Crippen LogP contribution in [0.5, 0.6) is 11.6 Å². The summed E-state index contributed by atoms with van der Waals surface area (Å²) in [5.41, 5.74) is 0.114. The Morgan fingerprint density at radius 1 is 1.26 bits per heavy atom. The number of ether oxygens (including phenoxy) is 3. The first kappa shape index (κ1) is 22.5. The highest BCUT2D eigenvalue weighted by Gasteiger charge is 2.34. The molecule has 1 atom stereocenters. The summed E-state index contributed by atoms with van der Waals surface area (Å²) >= 11 is 0. The molecule has 5 rings (SSSR count). The van der Waals surface area contributed by atoms with Crippen molar-refractivity contribution in [2.24, 2.45) is 7.05 Å². The molecule has 2 N–H and O–H groups in total. The van der Waals surface area contributed by atoms with Gasteiger partial charge in [0, 0.05) is 31.6 Å². The van der Waals surface area contributed by atoms with Gasteiger partial charge in [-0.1, -0.05) is 0 Å². The molecule has 0 spiro atoms. The number of carbonyl (C=O) groups is 2. The van der Waals surface area contributed by atoms with Crippen LogP contribution in [0.3, 0.4) is 0 Å². The normalized spacial score (nSPS) is 17.1. The molecule has 4 heterocycles. The summed E-state index contributed by atoms with van der Waals surface area (Å²) in [7, 11) is 1.56. The Morgan fingerprint density at radius 3 is 2.94 bits per heavy atom. The first-order chi connectivity index (χ1) is 16.9. The Bertz CT molecular complexity index is 1380. The summed E-state index contributed by atoms with van der Waals surface area (Å²) in [6.45, 7) is 0.858. The number of fused-ring (bicyclic) bond motifs is 2. The Morgan fingerprint density at radius 2 is 2.09 bits per heavy atom. The number of benzene rings is 1. The number of amides is 2. The number of pyridine rings is 1. The second-order valence-corrected chi connectivity index (χ2v) is 7.93. The van der Waals surface area contributed by atoms with Crippen LogP contribution in [0.1, 0.15) is 0 Å². The number of hydrogen-bond acceptors (Lipinski definition) is 9. The smallest absolute Gasteiger partial charge is 0.416 e. The molecule has 13 heteroatoms. The molecule has 2 aromatic heterocycles. The van der Waals surface area contributed by atoms with Gasteiger partial charge < -0.3 is 29.4 Å². The number of rotatable bonds is 7. The molecule has 3 aromatic rings. The van der Waals surface area contributed by atoms with Crippen molar-refractivity contribution in [2.75, 3.05) is 43.1 Å². The Hall–Kier alpha value is -4.26. The Labute approximate surface area is 197 Å². The van der Waals surface area contributed by atoms with E-state index in [9.17, 15) is 18.8 Å². The van der Waals surface area contributed by atoms with Crippen molar-refractivity contribution in [1.29, 1.82) is 0 Å². The number of hydrogen-bond donors (Lipinski definition) is 2. The number of halogens is 1. The molecule has 1 aromatic carbocycles. The number of nitrogens with one attached hydrogen (secondary N) is 2. The summed E-state index contributed by atoms with van der Waals surface area (Å²) in [6.07, 6.45) is 0.304. The average Bonchev–Trinajstić information content (AvgIpc) is 3.22. The van der Waals surface area contributed by atoms with Gasteiger partial charge in [-0.25, -0.2) is 19.2 Å². The summed E-state index contributed by atoms with van der Waals surface area (Å²) in [4.78, 5) is 45.4. The SMILES string of the molecule is Cn1c(=O)ccc2ccc(F)c(OCCNCC3CN(c4cnc5c(n4)NC(=O)CO5)C(=O)O3)c21. The third kappa shape index (κ3) is 4.45. The zero-order chi connectivity index (χ0) is 24.5. The lowest BCUT2D eigenvalue weighted by Gasteiger charge is -2.18. The van der Waals surface area contributed by atoms with E-state index in [-0.39, 0.29) is 54.5 Å². The van der Waals surface area contributed by atoms with Crippen molar-refractivity contribution in [3.8, 4) is 11.6 Å². The molecule has 1 saturated heterocycles. The average molecular weight is 484 g/mol. The highest BCUT2D eigenvalue weighted by Crippen LogP contribution is 2.28. The minimum Gasteiger partial charge on any atom is -0.487 e. The van der Waals surface area contributed by atoms with Gasteiger partial charge in [0.2, 0.25) is 0 Å². The van der Waals surface area contributed by atoms with Crippen molar-refractivity contribution < 1.29 is 28.2 Å². The van der Waals surface area contributed by atoms with Gasteiger partial charge in [0.1, 0.15) is 12.7 Å². The van der Waals surface area contributed by atoms with Gasteiger partial charge in [-0.2, -0.15) is 0 Å². The zero-order valence-electron chi connectivity index (χ0n) is 18.6. The predicted molar refractivity (Wildman–Crippen MR) is 121 cm³/mol. The predicted octanol–water partition coefficient (Wildman–Crippen LogP) is 0.792. The molecule has 0 bridgehead atoms. The second kappa shape index (κ2) is 9.18. The molecule has 12 nitrogen and oxygen atoms in total. The van der Waals surface area contributed by atoms with E-state index in [1.165, 1.54) is 27.8 Å². The van der Waals surface area contributed by atoms with Gasteiger partial charge in [0.05, 0.1) is 18.3 Å². The maximum Gasteiger partial charge on any atom is 0.416 e. The number of aromatic nitrogens is 3. The minimum absolute atomic E-state index is 0.00465. The van der Waals surface area contributed by atoms with Crippen molar-refractivity contribution in [3.63, 3.8) is 0 Å². The van der Waals surface area contributed by atoms with Crippen LogP contribution in [0.15, 0.2) is 35.3 Å². The summed E-state index contributed by atoms with van der Waals surface area (Å²) in [5, 5.41) is 6.34. The van der Waals surface area contributed by atoms with E-state index in [2.05, 4.69) is 20.6 Å². The minimum atomic E-state index is -0.593. The lowest BCUT2D eigenvalue weighted by atomic mass is 10.2. The fourth-order valence-corrected chi connectivity index (χ4v) is 3.85. The van der Waals surface area contributed by atoms with E-state index >= 15 is 0 Å². The van der Waals surface area contributed by atoms with E-state index in [1.54, 1.807) is 19.2 Å². The van der Waals surface area contributed by atoms with Crippen molar-refractivity contribution >= 4 is 34.5 Å². The van der Waals surface area contributed by atoms with Gasteiger partial charge in [-0.05, 0) is 18.2 Å². The lowest BCUT2D eigenvalue weighted by molar-refractivity contribution is -0.118. The number of cyclic esters (lactones) is 1. The van der Waals surface area contributed by atoms with Crippen LogP contribution in [0.2, 0.25) is 0 Å². The van der Waals surface area contributed by atoms with E-state index in [4.69, 9.17) is 14.2 Å². The van der Waals surface area contributed by atoms with Gasteiger partial charge in [0.25, 0.3) is 17.3 Å². The van der Waals surface area contributed by atoms with Gasteiger partial charge in [-0.15, -0.1) is 0 Å². The highest BCUT2D eigenvalue weighted by atomic mass is 19.1. The maximum absolute atomic E-state index is 14.4. The Kier molecular flexibility index (Phi) is 5.91. The van der Waals surface area contributed by atoms with Crippen LogP contribution in [0.4, 0.5) is 20.8 Å². The van der Waals surface area contributed by atoms with Crippen molar-refractivity contribution in [1.82, 2.24) is 19.9 Å². The number of nitrogens with zero attached hydrogens (tertiary/aromatic N) is 4. The molecule has 0 saturated carbocycles. The van der Waals surface area contributed by atoms with Crippen molar-refractivity contribution in [2.45, 2.75) is 6.10 Å². The largest absolute Gasteiger partial charge is 0.487 e. The summed E-state index contributed by atoms with van der Waals surface area (Å²) in [6, 6.07) is 5.92. The van der Waals surface area contributed by atoms with E-state index in [0.29, 0.717) is 24.0 Å². The second-order valence-electron chi connectivity index (χ2n) is 7.93. The fraction of sp³-hybridized carbons (Fsp3) is 0.318. The Balaban J connectivity index is 1.15. The molecule has 2 amide bonds. The molecule has 1 unspecified atom stereocenters. The molecule has 1 fully saturated rings. The molecule has 182 valence electrons. The third-order valence-corrected chi connectivity index (χ3v) is 5.56. The summed E-state index contributed by atoms with van der Waals surface area (Å²) in [5.74, 6) is -0.368. The molecule has 2 aliphatic heterocycles. The molecule has 2 aliphatic rings. The van der Waals surface area contributed by atoms with Gasteiger partial charge in [0.15, 0.2) is 29.8 Å². The van der Waals surface area contributed by atoms with Crippen LogP contribution >= 0.6 is 0 Å². The summed E-state index contributed by atoms with van der Waals surface area (Å²) < 4.78 is 31.9. The molecule has 0 aliphatic carbocycles. The van der Waals surface area contributed by atoms with Crippen LogP contribution in [0, 0.1) is 5.82 Å². The number of carbonyl (C=O) groups excluding carboxylic acids is 2. The topological polar surface area (TPSA) is 137 Å². The van der Waals surface area contributed by atoms with Crippen LogP contribution < -0.4 is 30.6 Å². The van der Waals surface area contributed by atoms with Gasteiger partial charge >= 0.3 is 6.09 Å². The first-order valence-corrected chi connectivity index (χ1v) is 10.8. The van der Waals surface area contributed by atoms with Crippen LogP contribution in [0.25, 0.3) is 10.9 Å². The molecular formula is C22H21FN6O6. The third-order valence-electron chi connectivity index (χ3n) is 5.56. The quantitative estimate of drug-likeness (QED) is 0.467. The molecular weight excluding hydrogens is 463 g/mol. The first-order valence-electron chi connectivity index (χ1n) is 10.8. The lowest BCUT2D eigenvalue weighted by Crippen LogP contribution is -2.33. The van der Waals surface area contributed by atoms with E-state index in [0.717, 1.165) is 0 Å². The highest BCUT2D eigenvalue weighted by molar-refractivity contribution is 5.94. The van der Waals surface area contributed by atoms with E-state index in [1.807, 2.05) is 0 Å². The standard InChI is InChI=1S/C22H21FN6O6/c1-28-17(31)5-3-12-2-4-14(23)19(18(12)28)33-7-6-24-8-13-10-29(22(32)35-13)15-9-25-21-20(26-15)27-16(30)11-34-21/h2-5,9,13,24H,6-8,10-11H2,1H3,(H,26,27,30). The van der Waals surface area contributed by atoms with Crippen LogP contribution in [-0.2, 0) is 16.6 Å². The monoisotopic (exact) mass is 484 g/mol. The van der Waals surface area contributed by atoms with E-state index < -0.39 is 18.0 Å². The van der Waals surface area contributed by atoms with Crippen molar-refractivity contribution in [3.05, 3.63) is 46.6 Å². The maximum atomic E-state index is 14.4. The molecule has 0 radical (unpaired) electrons. The molecule has 35 heavy (non-hydrogen) atoms. The number of aryl methyl sites for hydroxylation is 1. The van der Waals surface area contributed by atoms with Crippen LogP contribution in [-0.4, -0.2) is 65.5 Å². The number of anilines is 2. The zero-order valence-corrected chi connectivity index (χ0v) is 18.6. The fourth-order valence-electron chi connectivity index (χ4n) is 3.85. The van der Waals surface area contributed by atoms with Gasteiger partial charge in [-0.3, -0.25) is 14.5 Å².